The van der Waals surface area contributed by atoms with Crippen LogP contribution in [-0.2, 0) is 0 Å². The van der Waals surface area contributed by atoms with Crippen molar-refractivity contribution in [3.8, 4) is 0 Å². The molecule has 2 unspecified atom stereocenters. The average Bonchev–Trinajstić information content (AvgIpc) is 2.66. The number of aliphatic hydroxyl groups is 1. The predicted octanol–water partition coefficient (Wildman–Crippen LogP) is 2.89. The van der Waals surface area contributed by atoms with Crippen LogP contribution in [0, 0.1) is 5.92 Å². The molecule has 0 aliphatic carbocycles. The van der Waals surface area contributed by atoms with Crippen molar-refractivity contribution in [1.29, 1.82) is 0 Å². The molecular weight excluding hydrogens is 224 g/mol. The topological polar surface area (TPSA) is 20.2 Å². The molecule has 2 atom stereocenters. The number of hydrogen-bond donors (Lipinski definition) is 1. The Morgan fingerprint density at radius 1 is 1.27 bits per heavy atom. The van der Waals surface area contributed by atoms with Gasteiger partial charge in [-0.1, -0.05) is 18.2 Å². The van der Waals surface area contributed by atoms with E-state index >= 15 is 0 Å². The molecule has 0 aromatic heterocycles. The first kappa shape index (κ1) is 11.4. The minimum absolute atomic E-state index is 0.0635. The highest BCUT2D eigenvalue weighted by molar-refractivity contribution is 7.99. The summed E-state index contributed by atoms with van der Waals surface area (Å²) in [5.41, 5.74) is 0. The molecule has 1 aliphatic heterocycles. The van der Waals surface area contributed by atoms with Crippen molar-refractivity contribution in [2.75, 3.05) is 17.3 Å². The molecule has 15 heavy (non-hydrogen) atoms. The van der Waals surface area contributed by atoms with Gasteiger partial charge in [0, 0.05) is 10.6 Å². The summed E-state index contributed by atoms with van der Waals surface area (Å²) < 4.78 is 0. The van der Waals surface area contributed by atoms with Gasteiger partial charge in [0.05, 0.1) is 6.10 Å². The standard InChI is InChI=1S/C12H16OS2/c13-12-9-14-8-10(12)6-7-15-11-4-2-1-3-5-11/h1-5,10,12-13H,6-9H2. The second-order valence-electron chi connectivity index (χ2n) is 3.82. The maximum atomic E-state index is 9.66. The Morgan fingerprint density at radius 3 is 2.73 bits per heavy atom. The zero-order valence-electron chi connectivity index (χ0n) is 8.63. The Bertz CT molecular complexity index is 289. The van der Waals surface area contributed by atoms with Gasteiger partial charge in [-0.25, -0.2) is 0 Å². The lowest BCUT2D eigenvalue weighted by Crippen LogP contribution is -2.18. The average molecular weight is 240 g/mol. The lowest BCUT2D eigenvalue weighted by Gasteiger charge is -2.12. The maximum Gasteiger partial charge on any atom is 0.0666 e. The molecule has 2 rings (SSSR count). The summed E-state index contributed by atoms with van der Waals surface area (Å²) in [4.78, 5) is 1.33. The van der Waals surface area contributed by atoms with E-state index in [2.05, 4.69) is 24.3 Å². The normalized spacial score (nSPS) is 25.7. The van der Waals surface area contributed by atoms with Gasteiger partial charge in [-0.05, 0) is 36.0 Å². The van der Waals surface area contributed by atoms with Crippen molar-refractivity contribution >= 4 is 23.5 Å². The van der Waals surface area contributed by atoms with Gasteiger partial charge in [-0.2, -0.15) is 11.8 Å². The van der Waals surface area contributed by atoms with Crippen molar-refractivity contribution < 1.29 is 5.11 Å². The zero-order chi connectivity index (χ0) is 10.5. The molecule has 1 nitrogen and oxygen atoms in total. The van der Waals surface area contributed by atoms with Crippen molar-refractivity contribution in [3.05, 3.63) is 30.3 Å². The maximum absolute atomic E-state index is 9.66. The van der Waals surface area contributed by atoms with E-state index < -0.39 is 0 Å². The molecule has 1 fully saturated rings. The highest BCUT2D eigenvalue weighted by Crippen LogP contribution is 2.29. The summed E-state index contributed by atoms with van der Waals surface area (Å²) in [5, 5.41) is 9.66. The molecule has 0 spiro atoms. The molecule has 1 heterocycles. The van der Waals surface area contributed by atoms with Crippen LogP contribution in [0.4, 0.5) is 0 Å². The van der Waals surface area contributed by atoms with Gasteiger partial charge in [-0.15, -0.1) is 11.8 Å². The molecule has 1 saturated heterocycles. The van der Waals surface area contributed by atoms with Crippen LogP contribution in [0.5, 0.6) is 0 Å². The van der Waals surface area contributed by atoms with Crippen LogP contribution in [0.1, 0.15) is 6.42 Å². The van der Waals surface area contributed by atoms with Gasteiger partial charge in [0.1, 0.15) is 0 Å². The summed E-state index contributed by atoms with van der Waals surface area (Å²) in [7, 11) is 0. The summed E-state index contributed by atoms with van der Waals surface area (Å²) >= 11 is 3.77. The first-order chi connectivity index (χ1) is 7.36. The van der Waals surface area contributed by atoms with Crippen LogP contribution in [0.2, 0.25) is 0 Å². The smallest absolute Gasteiger partial charge is 0.0666 e. The van der Waals surface area contributed by atoms with Crippen LogP contribution in [0.25, 0.3) is 0 Å². The van der Waals surface area contributed by atoms with Crippen molar-refractivity contribution in [2.24, 2.45) is 5.92 Å². The summed E-state index contributed by atoms with van der Waals surface area (Å²) in [6, 6.07) is 10.5. The molecule has 0 saturated carbocycles. The van der Waals surface area contributed by atoms with E-state index in [-0.39, 0.29) is 6.10 Å². The fourth-order valence-corrected chi connectivity index (χ4v) is 4.06. The quantitative estimate of drug-likeness (QED) is 0.817. The highest BCUT2D eigenvalue weighted by Gasteiger charge is 2.24. The lowest BCUT2D eigenvalue weighted by molar-refractivity contribution is 0.148. The Labute approximate surface area is 99.7 Å². The molecular formula is C12H16OS2. The Balaban J connectivity index is 1.71. The third-order valence-corrected chi connectivity index (χ3v) is 4.95. The second kappa shape index (κ2) is 5.83. The summed E-state index contributed by atoms with van der Waals surface area (Å²) in [5.74, 6) is 3.70. The number of thioether (sulfide) groups is 2. The van der Waals surface area contributed by atoms with E-state index in [1.165, 1.54) is 4.90 Å². The first-order valence-corrected chi connectivity index (χ1v) is 7.44. The van der Waals surface area contributed by atoms with E-state index in [0.29, 0.717) is 5.92 Å². The minimum Gasteiger partial charge on any atom is -0.392 e. The third kappa shape index (κ3) is 3.44. The van der Waals surface area contributed by atoms with Gasteiger partial charge >= 0.3 is 0 Å². The summed E-state index contributed by atoms with van der Waals surface area (Å²) in [6.45, 7) is 0. The number of aliphatic hydroxyl groups excluding tert-OH is 1. The molecule has 1 aliphatic rings. The van der Waals surface area contributed by atoms with Crippen LogP contribution in [0.15, 0.2) is 35.2 Å². The monoisotopic (exact) mass is 240 g/mol. The number of rotatable bonds is 4. The highest BCUT2D eigenvalue weighted by atomic mass is 32.2. The van der Waals surface area contributed by atoms with Gasteiger partial charge in [0.15, 0.2) is 0 Å². The van der Waals surface area contributed by atoms with Gasteiger partial charge in [0.25, 0.3) is 0 Å². The summed E-state index contributed by atoms with van der Waals surface area (Å²) in [6.07, 6.45) is 1.07. The molecule has 1 aromatic rings. The second-order valence-corrected chi connectivity index (χ2v) is 6.06. The molecule has 1 aromatic carbocycles. The van der Waals surface area contributed by atoms with Crippen LogP contribution in [-0.4, -0.2) is 28.5 Å². The Morgan fingerprint density at radius 2 is 2.07 bits per heavy atom. The molecule has 82 valence electrons. The molecule has 0 amide bonds. The lowest BCUT2D eigenvalue weighted by atomic mass is 10.0. The van der Waals surface area contributed by atoms with Crippen LogP contribution < -0.4 is 0 Å². The number of benzene rings is 1. The zero-order valence-corrected chi connectivity index (χ0v) is 10.3. The number of hydrogen-bond acceptors (Lipinski definition) is 3. The van der Waals surface area contributed by atoms with Crippen molar-refractivity contribution in [2.45, 2.75) is 17.4 Å². The SMILES string of the molecule is OC1CSCC1CCSc1ccccc1. The Kier molecular flexibility index (Phi) is 4.42. The Hall–Kier alpha value is -0.120. The van der Waals surface area contributed by atoms with E-state index in [1.54, 1.807) is 0 Å². The molecule has 0 radical (unpaired) electrons. The van der Waals surface area contributed by atoms with E-state index in [9.17, 15) is 5.11 Å². The van der Waals surface area contributed by atoms with Crippen LogP contribution >= 0.6 is 23.5 Å². The minimum atomic E-state index is -0.0635. The predicted molar refractivity (Wildman–Crippen MR) is 68.6 cm³/mol. The van der Waals surface area contributed by atoms with E-state index in [1.807, 2.05) is 29.6 Å². The molecule has 0 bridgehead atoms. The fraction of sp³-hybridized carbons (Fsp3) is 0.500. The fourth-order valence-electron chi connectivity index (χ4n) is 1.71. The van der Waals surface area contributed by atoms with E-state index in [0.717, 1.165) is 23.7 Å². The van der Waals surface area contributed by atoms with Crippen molar-refractivity contribution in [1.82, 2.24) is 0 Å². The van der Waals surface area contributed by atoms with Crippen LogP contribution in [0.3, 0.4) is 0 Å². The van der Waals surface area contributed by atoms with Crippen molar-refractivity contribution in [3.63, 3.8) is 0 Å². The molecule has 1 N–H and O–H groups in total. The van der Waals surface area contributed by atoms with Gasteiger partial charge in [-0.3, -0.25) is 0 Å². The van der Waals surface area contributed by atoms with Gasteiger partial charge < -0.3 is 5.11 Å². The van der Waals surface area contributed by atoms with Gasteiger partial charge in [0.2, 0.25) is 0 Å². The largest absolute Gasteiger partial charge is 0.392 e. The first-order valence-electron chi connectivity index (χ1n) is 5.30. The van der Waals surface area contributed by atoms with E-state index in [4.69, 9.17) is 0 Å². The third-order valence-electron chi connectivity index (χ3n) is 2.67. The molecule has 3 heteroatoms.